The minimum Gasteiger partial charge on any atom is -0.472 e. The number of hydrogen-bond acceptors (Lipinski definition) is 4. The van der Waals surface area contributed by atoms with E-state index in [2.05, 4.69) is 17.3 Å². The molecule has 1 atom stereocenters. The first-order valence-corrected chi connectivity index (χ1v) is 6.82. The van der Waals surface area contributed by atoms with Gasteiger partial charge in [0.15, 0.2) is 0 Å². The van der Waals surface area contributed by atoms with Crippen molar-refractivity contribution in [3.63, 3.8) is 0 Å². The number of ether oxygens (including phenoxy) is 1. The fourth-order valence-corrected chi connectivity index (χ4v) is 2.38. The zero-order chi connectivity index (χ0) is 12.6. The molecule has 1 fully saturated rings. The molecule has 1 aromatic heterocycles. The van der Waals surface area contributed by atoms with Crippen molar-refractivity contribution in [3.05, 3.63) is 24.2 Å². The van der Waals surface area contributed by atoms with E-state index < -0.39 is 0 Å². The Bertz CT molecular complexity index is 308. The van der Waals surface area contributed by atoms with Crippen molar-refractivity contribution in [1.29, 1.82) is 0 Å². The van der Waals surface area contributed by atoms with Crippen LogP contribution in [0.1, 0.15) is 18.4 Å². The molecule has 0 aliphatic carbocycles. The molecule has 0 amide bonds. The van der Waals surface area contributed by atoms with Crippen molar-refractivity contribution >= 4 is 0 Å². The number of likely N-dealkylation sites (N-methyl/N-ethyl adjacent to an activating group) is 1. The van der Waals surface area contributed by atoms with Crippen LogP contribution in [0.3, 0.4) is 0 Å². The molecule has 0 bridgehead atoms. The third kappa shape index (κ3) is 4.80. The third-order valence-electron chi connectivity index (χ3n) is 3.40. The van der Waals surface area contributed by atoms with E-state index in [4.69, 9.17) is 9.15 Å². The van der Waals surface area contributed by atoms with Gasteiger partial charge in [0.05, 0.1) is 19.1 Å². The Morgan fingerprint density at radius 3 is 3.17 bits per heavy atom. The Kier molecular flexibility index (Phi) is 5.71. The topological polar surface area (TPSA) is 37.6 Å². The van der Waals surface area contributed by atoms with Crippen LogP contribution in [0.5, 0.6) is 0 Å². The van der Waals surface area contributed by atoms with Gasteiger partial charge in [-0.25, -0.2) is 0 Å². The van der Waals surface area contributed by atoms with E-state index in [1.165, 1.54) is 18.4 Å². The lowest BCUT2D eigenvalue weighted by Gasteiger charge is -2.27. The van der Waals surface area contributed by atoms with Crippen LogP contribution in [-0.4, -0.2) is 44.8 Å². The first-order valence-electron chi connectivity index (χ1n) is 6.82. The SMILES string of the molecule is CN(CCNCc1ccoc1)CC1CCCOC1. The van der Waals surface area contributed by atoms with Gasteiger partial charge in [-0.15, -0.1) is 0 Å². The summed E-state index contributed by atoms with van der Waals surface area (Å²) in [5.41, 5.74) is 1.21. The molecule has 0 saturated carbocycles. The van der Waals surface area contributed by atoms with Gasteiger partial charge in [0.2, 0.25) is 0 Å². The predicted octanol–water partition coefficient (Wildman–Crippen LogP) is 1.73. The number of furan rings is 1. The van der Waals surface area contributed by atoms with Crippen molar-refractivity contribution < 1.29 is 9.15 Å². The largest absolute Gasteiger partial charge is 0.472 e. The third-order valence-corrected chi connectivity index (χ3v) is 3.40. The summed E-state index contributed by atoms with van der Waals surface area (Å²) in [6, 6.07) is 2.00. The van der Waals surface area contributed by atoms with E-state index in [1.807, 2.05) is 6.07 Å². The fourth-order valence-electron chi connectivity index (χ4n) is 2.38. The second-order valence-electron chi connectivity index (χ2n) is 5.15. The van der Waals surface area contributed by atoms with Crippen molar-refractivity contribution in [1.82, 2.24) is 10.2 Å². The summed E-state index contributed by atoms with van der Waals surface area (Å²) in [6.07, 6.45) is 6.03. The molecule has 1 N–H and O–H groups in total. The molecular formula is C14H24N2O2. The molecule has 102 valence electrons. The first kappa shape index (κ1) is 13.6. The molecule has 0 radical (unpaired) electrons. The number of nitrogens with zero attached hydrogens (tertiary/aromatic N) is 1. The van der Waals surface area contributed by atoms with Crippen LogP contribution in [0.4, 0.5) is 0 Å². The van der Waals surface area contributed by atoms with E-state index in [-0.39, 0.29) is 0 Å². The molecule has 18 heavy (non-hydrogen) atoms. The Morgan fingerprint density at radius 1 is 1.50 bits per heavy atom. The molecule has 4 heteroatoms. The smallest absolute Gasteiger partial charge is 0.0947 e. The Morgan fingerprint density at radius 2 is 2.44 bits per heavy atom. The Balaban J connectivity index is 1.52. The highest BCUT2D eigenvalue weighted by Gasteiger charge is 2.15. The van der Waals surface area contributed by atoms with Crippen LogP contribution >= 0.6 is 0 Å². The molecule has 1 aliphatic rings. The van der Waals surface area contributed by atoms with Gasteiger partial charge in [0.1, 0.15) is 0 Å². The number of nitrogens with one attached hydrogen (secondary N) is 1. The second-order valence-corrected chi connectivity index (χ2v) is 5.15. The quantitative estimate of drug-likeness (QED) is 0.750. The summed E-state index contributed by atoms with van der Waals surface area (Å²) in [5.74, 6) is 0.720. The normalized spacial score (nSPS) is 20.4. The van der Waals surface area contributed by atoms with E-state index in [0.29, 0.717) is 0 Å². The zero-order valence-corrected chi connectivity index (χ0v) is 11.2. The molecule has 1 saturated heterocycles. The standard InChI is InChI=1S/C14H24N2O2/c1-16(10-14-3-2-7-17-12-14)6-5-15-9-13-4-8-18-11-13/h4,8,11,14-15H,2-3,5-7,9-10,12H2,1H3. The van der Waals surface area contributed by atoms with Gasteiger partial charge in [0.25, 0.3) is 0 Å². The molecule has 0 spiro atoms. The predicted molar refractivity (Wildman–Crippen MR) is 71.5 cm³/mol. The summed E-state index contributed by atoms with van der Waals surface area (Å²) >= 11 is 0. The minimum absolute atomic E-state index is 0.720. The van der Waals surface area contributed by atoms with Crippen LogP contribution < -0.4 is 5.32 Å². The van der Waals surface area contributed by atoms with Crippen molar-refractivity contribution in [2.24, 2.45) is 5.92 Å². The van der Waals surface area contributed by atoms with Crippen LogP contribution in [0.25, 0.3) is 0 Å². The van der Waals surface area contributed by atoms with Crippen molar-refractivity contribution in [3.8, 4) is 0 Å². The van der Waals surface area contributed by atoms with Gasteiger partial charge >= 0.3 is 0 Å². The Labute approximate surface area is 109 Å². The average Bonchev–Trinajstić information content (AvgIpc) is 2.89. The van der Waals surface area contributed by atoms with Gasteiger partial charge in [-0.1, -0.05) is 0 Å². The average molecular weight is 252 g/mol. The molecule has 2 rings (SSSR count). The van der Waals surface area contributed by atoms with E-state index in [9.17, 15) is 0 Å². The van der Waals surface area contributed by atoms with Gasteiger partial charge in [0, 0.05) is 38.3 Å². The van der Waals surface area contributed by atoms with Gasteiger partial charge < -0.3 is 19.4 Å². The summed E-state index contributed by atoms with van der Waals surface area (Å²) in [4.78, 5) is 2.39. The minimum atomic E-state index is 0.720. The summed E-state index contributed by atoms with van der Waals surface area (Å²) < 4.78 is 10.5. The molecule has 1 aromatic rings. The lowest BCUT2D eigenvalue weighted by atomic mass is 10.0. The lowest BCUT2D eigenvalue weighted by Crippen LogP contribution is -2.35. The first-order chi connectivity index (χ1) is 8.84. The van der Waals surface area contributed by atoms with Crippen LogP contribution in [0.2, 0.25) is 0 Å². The summed E-state index contributed by atoms with van der Waals surface area (Å²) in [6.45, 7) is 6.01. The molecule has 1 aliphatic heterocycles. The molecule has 0 aromatic carbocycles. The van der Waals surface area contributed by atoms with Crippen LogP contribution in [0, 0.1) is 5.92 Å². The maximum Gasteiger partial charge on any atom is 0.0947 e. The zero-order valence-electron chi connectivity index (χ0n) is 11.2. The molecule has 2 heterocycles. The van der Waals surface area contributed by atoms with Gasteiger partial charge in [-0.05, 0) is 31.9 Å². The molecule has 4 nitrogen and oxygen atoms in total. The van der Waals surface area contributed by atoms with Crippen LogP contribution in [0.15, 0.2) is 23.0 Å². The summed E-state index contributed by atoms with van der Waals surface area (Å²) in [5, 5.41) is 3.42. The van der Waals surface area contributed by atoms with E-state index in [1.54, 1.807) is 12.5 Å². The summed E-state index contributed by atoms with van der Waals surface area (Å²) in [7, 11) is 2.19. The lowest BCUT2D eigenvalue weighted by molar-refractivity contribution is 0.0422. The van der Waals surface area contributed by atoms with Crippen molar-refractivity contribution in [2.45, 2.75) is 19.4 Å². The highest BCUT2D eigenvalue weighted by molar-refractivity contribution is 5.04. The highest BCUT2D eigenvalue weighted by atomic mass is 16.5. The van der Waals surface area contributed by atoms with Crippen LogP contribution in [-0.2, 0) is 11.3 Å². The molecule has 1 unspecified atom stereocenters. The number of hydrogen-bond donors (Lipinski definition) is 1. The Hall–Kier alpha value is -0.840. The fraction of sp³-hybridized carbons (Fsp3) is 0.714. The maximum atomic E-state index is 5.50. The second kappa shape index (κ2) is 7.56. The van der Waals surface area contributed by atoms with E-state index >= 15 is 0 Å². The van der Waals surface area contributed by atoms with Crippen molar-refractivity contribution in [2.75, 3.05) is 39.9 Å². The monoisotopic (exact) mass is 252 g/mol. The number of rotatable bonds is 7. The van der Waals surface area contributed by atoms with Gasteiger partial charge in [-0.3, -0.25) is 0 Å². The van der Waals surface area contributed by atoms with E-state index in [0.717, 1.165) is 45.3 Å². The highest BCUT2D eigenvalue weighted by Crippen LogP contribution is 2.13. The van der Waals surface area contributed by atoms with Gasteiger partial charge in [-0.2, -0.15) is 0 Å². The molecular weight excluding hydrogens is 228 g/mol. The maximum absolute atomic E-state index is 5.50.